The molecule has 0 aliphatic heterocycles. The van der Waals surface area contributed by atoms with E-state index in [9.17, 15) is 0 Å². The van der Waals surface area contributed by atoms with Crippen molar-refractivity contribution in [2.45, 2.75) is 60.8 Å². The molecule has 0 N–H and O–H groups in total. The average molecular weight is 222 g/mol. The Balaban J connectivity index is 2.84. The van der Waals surface area contributed by atoms with E-state index in [0.29, 0.717) is 5.41 Å². The van der Waals surface area contributed by atoms with Crippen molar-refractivity contribution < 1.29 is 0 Å². The molecule has 0 amide bonds. The van der Waals surface area contributed by atoms with Gasteiger partial charge in [0.15, 0.2) is 0 Å². The number of rotatable bonds is 3. The molecule has 1 aliphatic carbocycles. The average Bonchev–Trinajstić information content (AvgIpc) is 2.10. The molecule has 0 aromatic rings. The Kier molecular flexibility index (Phi) is 4.26. The van der Waals surface area contributed by atoms with Crippen LogP contribution < -0.4 is 0 Å². The highest BCUT2D eigenvalue weighted by atomic mass is 14.5. The van der Waals surface area contributed by atoms with Crippen molar-refractivity contribution in [3.63, 3.8) is 0 Å². The summed E-state index contributed by atoms with van der Waals surface area (Å²) in [7, 11) is 0. The van der Waals surface area contributed by atoms with E-state index in [1.807, 2.05) is 0 Å². The molecule has 94 valence electrons. The van der Waals surface area contributed by atoms with Crippen molar-refractivity contribution in [1.29, 1.82) is 0 Å². The monoisotopic (exact) mass is 222 g/mol. The van der Waals surface area contributed by atoms with E-state index < -0.39 is 0 Å². The fourth-order valence-corrected chi connectivity index (χ4v) is 4.10. The maximum absolute atomic E-state index is 4.08. The van der Waals surface area contributed by atoms with Gasteiger partial charge in [0.05, 0.1) is 0 Å². The molecule has 0 aromatic heterocycles. The number of hydrogen-bond acceptors (Lipinski definition) is 0. The molecule has 0 heteroatoms. The van der Waals surface area contributed by atoms with Gasteiger partial charge >= 0.3 is 0 Å². The number of hydrogen-bond donors (Lipinski definition) is 0. The van der Waals surface area contributed by atoms with Crippen LogP contribution in [0.5, 0.6) is 0 Å². The van der Waals surface area contributed by atoms with Crippen LogP contribution in [-0.2, 0) is 0 Å². The summed E-state index contributed by atoms with van der Waals surface area (Å²) in [5.74, 6) is 3.38. The lowest BCUT2D eigenvalue weighted by Gasteiger charge is -2.50. The van der Waals surface area contributed by atoms with Gasteiger partial charge in [-0.25, -0.2) is 0 Å². The lowest BCUT2D eigenvalue weighted by Crippen LogP contribution is -2.43. The van der Waals surface area contributed by atoms with E-state index in [0.717, 1.165) is 23.7 Å². The fraction of sp³-hybridized carbons (Fsp3) is 0.875. The third kappa shape index (κ3) is 2.70. The summed E-state index contributed by atoms with van der Waals surface area (Å²) in [5, 5.41) is 0. The highest BCUT2D eigenvalue weighted by molar-refractivity contribution is 4.97. The first-order chi connectivity index (χ1) is 7.26. The van der Waals surface area contributed by atoms with Crippen LogP contribution >= 0.6 is 0 Å². The second kappa shape index (κ2) is 4.94. The molecular formula is C16H30. The van der Waals surface area contributed by atoms with Gasteiger partial charge in [0.25, 0.3) is 0 Å². The van der Waals surface area contributed by atoms with Crippen molar-refractivity contribution in [3.8, 4) is 0 Å². The van der Waals surface area contributed by atoms with Gasteiger partial charge in [-0.1, -0.05) is 46.6 Å². The second-order valence-electron chi connectivity index (χ2n) is 6.94. The molecule has 4 unspecified atom stereocenters. The Morgan fingerprint density at radius 3 is 2.38 bits per heavy atom. The van der Waals surface area contributed by atoms with E-state index in [1.54, 1.807) is 0 Å². The predicted octanol–water partition coefficient (Wildman–Crippen LogP) is 5.30. The fourth-order valence-electron chi connectivity index (χ4n) is 4.10. The van der Waals surface area contributed by atoms with Crippen LogP contribution in [0.25, 0.3) is 0 Å². The highest BCUT2D eigenvalue weighted by Gasteiger charge is 2.43. The summed E-state index contributed by atoms with van der Waals surface area (Å²) in [6, 6.07) is 0. The molecule has 0 radical (unpaired) electrons. The maximum atomic E-state index is 4.08. The van der Waals surface area contributed by atoms with Gasteiger partial charge < -0.3 is 0 Å². The zero-order valence-corrected chi connectivity index (χ0v) is 12.1. The van der Waals surface area contributed by atoms with Crippen LogP contribution in [0.1, 0.15) is 60.8 Å². The summed E-state index contributed by atoms with van der Waals surface area (Å²) in [6.07, 6.45) is 4.02. The predicted molar refractivity (Wildman–Crippen MR) is 73.4 cm³/mol. The van der Waals surface area contributed by atoms with Gasteiger partial charge in [-0.2, -0.15) is 0 Å². The van der Waals surface area contributed by atoms with Gasteiger partial charge in [-0.05, 0) is 48.9 Å². The normalized spacial score (nSPS) is 35.8. The molecule has 1 saturated carbocycles. The molecule has 16 heavy (non-hydrogen) atoms. The van der Waals surface area contributed by atoms with Crippen LogP contribution in [-0.4, -0.2) is 0 Å². The second-order valence-corrected chi connectivity index (χ2v) is 6.94. The molecule has 4 atom stereocenters. The zero-order valence-electron chi connectivity index (χ0n) is 12.1. The molecule has 0 aromatic carbocycles. The largest absolute Gasteiger partial charge is 0.100 e. The van der Waals surface area contributed by atoms with Crippen LogP contribution in [0.3, 0.4) is 0 Å². The Hall–Kier alpha value is -0.260. The minimum Gasteiger partial charge on any atom is -0.100 e. The molecular weight excluding hydrogens is 192 g/mol. The minimum atomic E-state index is 0.493. The van der Waals surface area contributed by atoms with Crippen molar-refractivity contribution in [3.05, 3.63) is 12.2 Å². The molecule has 0 bridgehead atoms. The molecule has 0 saturated heterocycles. The van der Waals surface area contributed by atoms with E-state index in [4.69, 9.17) is 0 Å². The van der Waals surface area contributed by atoms with Crippen molar-refractivity contribution in [1.82, 2.24) is 0 Å². The van der Waals surface area contributed by atoms with E-state index in [1.165, 1.54) is 24.8 Å². The Bertz CT molecular complexity index is 249. The summed E-state index contributed by atoms with van der Waals surface area (Å²) >= 11 is 0. The molecule has 1 aliphatic rings. The smallest absolute Gasteiger partial charge is 0.0295 e. The quantitative estimate of drug-likeness (QED) is 0.569. The molecule has 1 fully saturated rings. The summed E-state index contributed by atoms with van der Waals surface area (Å²) < 4.78 is 0. The Labute approximate surface area is 103 Å². The first-order valence-electron chi connectivity index (χ1n) is 6.91. The van der Waals surface area contributed by atoms with Gasteiger partial charge in [0.1, 0.15) is 0 Å². The third-order valence-electron chi connectivity index (χ3n) is 5.08. The summed E-state index contributed by atoms with van der Waals surface area (Å²) in [5.41, 5.74) is 1.83. The highest BCUT2D eigenvalue weighted by Crippen LogP contribution is 2.51. The van der Waals surface area contributed by atoms with Crippen molar-refractivity contribution in [2.75, 3.05) is 0 Å². The topological polar surface area (TPSA) is 0 Å². The Morgan fingerprint density at radius 1 is 1.31 bits per heavy atom. The number of allylic oxidation sites excluding steroid dienone is 1. The first-order valence-corrected chi connectivity index (χ1v) is 6.91. The zero-order chi connectivity index (χ0) is 12.5. The van der Waals surface area contributed by atoms with E-state index >= 15 is 0 Å². The molecule has 0 heterocycles. The Morgan fingerprint density at radius 2 is 1.88 bits per heavy atom. The lowest BCUT2D eigenvalue weighted by atomic mass is 9.55. The standard InChI is InChI=1S/C16H30/c1-11(2)10-13(4)15-12(3)8-9-14(5)16(15,6)7/h12-15H,1,8-10H2,2-7H3. The molecule has 0 spiro atoms. The first kappa shape index (κ1) is 13.8. The van der Waals surface area contributed by atoms with Gasteiger partial charge in [0.2, 0.25) is 0 Å². The van der Waals surface area contributed by atoms with E-state index in [-0.39, 0.29) is 0 Å². The molecule has 1 rings (SSSR count). The van der Waals surface area contributed by atoms with E-state index in [2.05, 4.69) is 48.1 Å². The van der Waals surface area contributed by atoms with Crippen molar-refractivity contribution in [2.24, 2.45) is 29.1 Å². The van der Waals surface area contributed by atoms with Crippen LogP contribution in [0.2, 0.25) is 0 Å². The van der Waals surface area contributed by atoms with Crippen LogP contribution in [0.15, 0.2) is 12.2 Å². The third-order valence-corrected chi connectivity index (χ3v) is 5.08. The maximum Gasteiger partial charge on any atom is -0.0295 e. The summed E-state index contributed by atoms with van der Waals surface area (Å²) in [6.45, 7) is 18.5. The minimum absolute atomic E-state index is 0.493. The van der Waals surface area contributed by atoms with Crippen LogP contribution in [0, 0.1) is 29.1 Å². The SMILES string of the molecule is C=C(C)CC(C)C1C(C)CCC(C)C1(C)C. The molecule has 0 nitrogen and oxygen atoms in total. The van der Waals surface area contributed by atoms with Gasteiger partial charge in [-0.3, -0.25) is 0 Å². The van der Waals surface area contributed by atoms with Crippen molar-refractivity contribution >= 4 is 0 Å². The van der Waals surface area contributed by atoms with Gasteiger partial charge in [-0.15, -0.1) is 6.58 Å². The summed E-state index contributed by atoms with van der Waals surface area (Å²) in [4.78, 5) is 0. The van der Waals surface area contributed by atoms with Gasteiger partial charge in [0, 0.05) is 0 Å². The van der Waals surface area contributed by atoms with Crippen LogP contribution in [0.4, 0.5) is 0 Å². The lowest BCUT2D eigenvalue weighted by molar-refractivity contribution is -0.00662.